The van der Waals surface area contributed by atoms with Crippen molar-refractivity contribution in [2.75, 3.05) is 13.2 Å². The summed E-state index contributed by atoms with van der Waals surface area (Å²) < 4.78 is 5.64. The first kappa shape index (κ1) is 16.4. The molecule has 0 aromatic heterocycles. The molecule has 1 heterocycles. The molecule has 0 fully saturated rings. The van der Waals surface area contributed by atoms with Crippen molar-refractivity contribution in [2.24, 2.45) is 0 Å². The monoisotopic (exact) mass is 319 g/mol. The van der Waals surface area contributed by atoms with E-state index in [1.807, 2.05) is 48.7 Å². The number of hydrogen-bond acceptors (Lipinski definition) is 3. The van der Waals surface area contributed by atoms with Gasteiger partial charge < -0.3 is 14.7 Å². The first-order valence-electron chi connectivity index (χ1n) is 8.32. The molecule has 1 N–H and O–H groups in total. The third kappa shape index (κ3) is 4.77. The average Bonchev–Trinajstić information content (AvgIpc) is 2.63. The Morgan fingerprint density at radius 1 is 0.958 bits per heavy atom. The van der Waals surface area contributed by atoms with Gasteiger partial charge in [-0.2, -0.15) is 0 Å². The highest BCUT2D eigenvalue weighted by Gasteiger charge is 2.22. The molecule has 0 saturated heterocycles. The summed E-state index contributed by atoms with van der Waals surface area (Å²) in [5.41, 5.74) is 1.29. The number of para-hydroxylation sites is 1. The van der Waals surface area contributed by atoms with Gasteiger partial charge in [0.25, 0.3) is 6.85 Å². The van der Waals surface area contributed by atoms with Gasteiger partial charge in [-0.05, 0) is 30.7 Å². The second kappa shape index (κ2) is 8.41. The van der Waals surface area contributed by atoms with Crippen LogP contribution < -0.4 is 4.74 Å². The second-order valence-electron chi connectivity index (χ2n) is 5.96. The maximum Gasteiger partial charge on any atom is 0.285 e. The van der Waals surface area contributed by atoms with Gasteiger partial charge in [0, 0.05) is 6.54 Å². The molecule has 1 unspecified atom stereocenters. The van der Waals surface area contributed by atoms with Crippen LogP contribution in [0.3, 0.4) is 0 Å². The highest BCUT2D eigenvalue weighted by molar-refractivity contribution is 6.61. The fraction of sp³-hybridized carbons (Fsp3) is 0.200. The normalized spacial score (nSPS) is 14.7. The van der Waals surface area contributed by atoms with Crippen molar-refractivity contribution in [1.82, 2.24) is 4.81 Å². The largest absolute Gasteiger partial charge is 0.491 e. The maximum atomic E-state index is 10.3. The molecule has 4 heteroatoms. The molecule has 0 radical (unpaired) electrons. The lowest BCUT2D eigenvalue weighted by Crippen LogP contribution is -2.43. The van der Waals surface area contributed by atoms with Crippen molar-refractivity contribution in [3.63, 3.8) is 0 Å². The van der Waals surface area contributed by atoms with E-state index in [0.29, 0.717) is 6.54 Å². The fourth-order valence-corrected chi connectivity index (χ4v) is 2.82. The van der Waals surface area contributed by atoms with Crippen LogP contribution >= 0.6 is 0 Å². The van der Waals surface area contributed by atoms with E-state index in [4.69, 9.17) is 4.74 Å². The third-order valence-electron chi connectivity index (χ3n) is 4.04. The minimum absolute atomic E-state index is 0.253. The molecular weight excluding hydrogens is 297 g/mol. The average molecular weight is 319 g/mol. The van der Waals surface area contributed by atoms with Crippen LogP contribution in [0.15, 0.2) is 85.0 Å². The van der Waals surface area contributed by atoms with E-state index in [9.17, 15) is 5.11 Å². The van der Waals surface area contributed by atoms with E-state index in [0.717, 1.165) is 12.1 Å². The molecule has 0 bridgehead atoms. The van der Waals surface area contributed by atoms with Gasteiger partial charge in [0.05, 0.1) is 0 Å². The first-order valence-corrected chi connectivity index (χ1v) is 8.32. The Morgan fingerprint density at radius 2 is 1.67 bits per heavy atom. The maximum absolute atomic E-state index is 10.3. The molecule has 24 heavy (non-hydrogen) atoms. The van der Waals surface area contributed by atoms with Gasteiger partial charge in [0.15, 0.2) is 0 Å². The number of benzene rings is 2. The predicted molar refractivity (Wildman–Crippen MR) is 98.8 cm³/mol. The molecule has 122 valence electrons. The van der Waals surface area contributed by atoms with Crippen LogP contribution in [0.25, 0.3) is 0 Å². The fourth-order valence-electron chi connectivity index (χ4n) is 2.82. The van der Waals surface area contributed by atoms with Gasteiger partial charge in [0.2, 0.25) is 0 Å². The Balaban J connectivity index is 1.54. The summed E-state index contributed by atoms with van der Waals surface area (Å²) in [6.45, 7) is 1.09. The van der Waals surface area contributed by atoms with Crippen molar-refractivity contribution >= 4 is 6.85 Å². The minimum Gasteiger partial charge on any atom is -0.491 e. The van der Waals surface area contributed by atoms with Gasteiger partial charge in [-0.15, -0.1) is 0 Å². The zero-order valence-electron chi connectivity index (χ0n) is 13.7. The quantitative estimate of drug-likeness (QED) is 0.796. The third-order valence-corrected chi connectivity index (χ3v) is 4.04. The highest BCUT2D eigenvalue weighted by atomic mass is 16.5. The molecule has 1 aliphatic rings. The molecule has 3 nitrogen and oxygen atoms in total. The SMILES string of the molecule is OC(COc1ccccc1)CN1C=CC=CB1Cc1ccccc1. The van der Waals surface area contributed by atoms with E-state index >= 15 is 0 Å². The zero-order valence-corrected chi connectivity index (χ0v) is 13.7. The molecule has 0 spiro atoms. The van der Waals surface area contributed by atoms with Crippen LogP contribution in [0, 0.1) is 0 Å². The van der Waals surface area contributed by atoms with Crippen LogP contribution in [0.2, 0.25) is 0 Å². The molecule has 1 aliphatic heterocycles. The van der Waals surface area contributed by atoms with Gasteiger partial charge >= 0.3 is 0 Å². The number of aliphatic hydroxyl groups excluding tert-OH is 1. The van der Waals surface area contributed by atoms with Crippen LogP contribution in [0.4, 0.5) is 0 Å². The van der Waals surface area contributed by atoms with Gasteiger partial charge in [-0.1, -0.05) is 66.1 Å². The summed E-state index contributed by atoms with van der Waals surface area (Å²) in [7, 11) is 0. The smallest absolute Gasteiger partial charge is 0.285 e. The number of hydrogen-bond donors (Lipinski definition) is 1. The topological polar surface area (TPSA) is 32.7 Å². The van der Waals surface area contributed by atoms with E-state index in [2.05, 4.69) is 41.1 Å². The standard InChI is InChI=1S/C20H22BNO2/c23-19(17-24-20-11-5-2-6-12-20)16-22-14-8-7-13-21(22)15-18-9-3-1-4-10-18/h1-14,19,23H,15-17H2. The molecular formula is C20H22BNO2. The Bertz CT molecular complexity index is 673. The molecule has 2 aromatic rings. The predicted octanol–water partition coefficient (Wildman–Crippen LogP) is 3.12. The van der Waals surface area contributed by atoms with Gasteiger partial charge in [-0.25, -0.2) is 0 Å². The van der Waals surface area contributed by atoms with Gasteiger partial charge in [-0.3, -0.25) is 0 Å². The second-order valence-corrected chi connectivity index (χ2v) is 5.96. The number of aliphatic hydroxyl groups is 1. The van der Waals surface area contributed by atoms with E-state index in [1.165, 1.54) is 5.56 Å². The summed E-state index contributed by atoms with van der Waals surface area (Å²) in [6, 6.07) is 20.0. The number of β-amino-alcohol motifs (C(OH)–C–C–N with tert-alkyl or cyclic N) is 1. The number of ether oxygens (including phenoxy) is 1. The van der Waals surface area contributed by atoms with Crippen LogP contribution in [-0.4, -0.2) is 36.0 Å². The molecule has 1 atom stereocenters. The molecule has 0 aliphatic carbocycles. The van der Waals surface area contributed by atoms with Crippen molar-refractivity contribution in [3.05, 3.63) is 90.6 Å². The lowest BCUT2D eigenvalue weighted by Gasteiger charge is -2.30. The molecule has 0 saturated carbocycles. The van der Waals surface area contributed by atoms with Crippen molar-refractivity contribution in [3.8, 4) is 5.75 Å². The number of rotatable bonds is 7. The summed E-state index contributed by atoms with van der Waals surface area (Å²) in [4.78, 5) is 2.17. The Morgan fingerprint density at radius 3 is 2.42 bits per heavy atom. The Hall–Kier alpha value is -2.46. The van der Waals surface area contributed by atoms with E-state index < -0.39 is 6.10 Å². The molecule has 3 rings (SSSR count). The summed E-state index contributed by atoms with van der Waals surface area (Å²) in [6.07, 6.45) is 6.50. The van der Waals surface area contributed by atoms with Gasteiger partial charge in [0.1, 0.15) is 18.5 Å². The van der Waals surface area contributed by atoms with Crippen molar-refractivity contribution in [2.45, 2.75) is 12.4 Å². The van der Waals surface area contributed by atoms with E-state index in [-0.39, 0.29) is 13.5 Å². The Kier molecular flexibility index (Phi) is 5.75. The molecule has 2 aromatic carbocycles. The Labute approximate surface area is 144 Å². The van der Waals surface area contributed by atoms with Crippen molar-refractivity contribution in [1.29, 1.82) is 0 Å². The number of nitrogens with zero attached hydrogens (tertiary/aromatic N) is 1. The summed E-state index contributed by atoms with van der Waals surface area (Å²) in [5, 5.41) is 10.3. The minimum atomic E-state index is -0.542. The van der Waals surface area contributed by atoms with Crippen LogP contribution in [-0.2, 0) is 6.32 Å². The van der Waals surface area contributed by atoms with E-state index in [1.54, 1.807) is 0 Å². The lowest BCUT2D eigenvalue weighted by atomic mass is 9.54. The summed E-state index contributed by atoms with van der Waals surface area (Å²) >= 11 is 0. The number of allylic oxidation sites excluding steroid dienone is 2. The summed E-state index contributed by atoms with van der Waals surface area (Å²) in [5.74, 6) is 2.96. The molecule has 0 amide bonds. The highest BCUT2D eigenvalue weighted by Crippen LogP contribution is 2.13. The van der Waals surface area contributed by atoms with Crippen LogP contribution in [0.1, 0.15) is 5.56 Å². The zero-order chi connectivity index (χ0) is 16.6. The van der Waals surface area contributed by atoms with Crippen LogP contribution in [0.5, 0.6) is 5.75 Å². The first-order chi connectivity index (χ1) is 11.8. The van der Waals surface area contributed by atoms with Crippen molar-refractivity contribution < 1.29 is 9.84 Å². The lowest BCUT2D eigenvalue weighted by molar-refractivity contribution is 0.0956.